The van der Waals surface area contributed by atoms with Crippen LogP contribution in [-0.2, 0) is 40.0 Å². The predicted molar refractivity (Wildman–Crippen MR) is 242 cm³/mol. The van der Waals surface area contributed by atoms with Crippen LogP contribution in [-0.4, -0.2) is 118 Å². The highest BCUT2D eigenvalue weighted by Crippen LogP contribution is 2.23. The maximum atomic E-state index is 14.4. The maximum Gasteiger partial charge on any atom is 0.326 e. The summed E-state index contributed by atoms with van der Waals surface area (Å²) < 4.78 is 0. The third-order valence-electron chi connectivity index (χ3n) is 11.8. The van der Waals surface area contributed by atoms with Crippen molar-refractivity contribution in [2.24, 2.45) is 35.0 Å². The molecule has 0 unspecified atom stereocenters. The number of rotatable bonds is 27. The van der Waals surface area contributed by atoms with Gasteiger partial charge in [-0.2, -0.15) is 0 Å². The first kappa shape index (κ1) is 52.3. The zero-order valence-corrected chi connectivity index (χ0v) is 38.0. The largest absolute Gasteiger partial charge is 0.480 e. The van der Waals surface area contributed by atoms with E-state index >= 15 is 0 Å². The number of carboxylic acids is 1. The molecular formula is C45H74N10O8. The van der Waals surface area contributed by atoms with E-state index in [9.17, 15) is 38.7 Å². The Hall–Kier alpha value is -5.07. The highest BCUT2D eigenvalue weighted by molar-refractivity contribution is 5.98. The number of benzene rings is 1. The molecule has 63 heavy (non-hydrogen) atoms. The van der Waals surface area contributed by atoms with Crippen LogP contribution < -0.4 is 43.8 Å². The summed E-state index contributed by atoms with van der Waals surface area (Å²) in [4.78, 5) is 100. The van der Waals surface area contributed by atoms with Gasteiger partial charge in [0.25, 0.3) is 0 Å². The van der Waals surface area contributed by atoms with Crippen LogP contribution in [0.15, 0.2) is 30.5 Å². The van der Waals surface area contributed by atoms with Gasteiger partial charge in [-0.25, -0.2) is 4.79 Å². The zero-order valence-electron chi connectivity index (χ0n) is 38.0. The number of H-pyrrole nitrogens is 1. The second kappa shape index (κ2) is 25.9. The number of aromatic nitrogens is 1. The minimum absolute atomic E-state index is 0.0102. The Balaban J connectivity index is 1.87. The van der Waals surface area contributed by atoms with Crippen LogP contribution in [0.4, 0.5) is 0 Å². The quantitative estimate of drug-likeness (QED) is 0.0575. The highest BCUT2D eigenvalue weighted by Gasteiger charge is 2.41. The number of nitrogens with one attached hydrogen (secondary N) is 6. The molecule has 8 atom stereocenters. The van der Waals surface area contributed by atoms with Gasteiger partial charge < -0.3 is 58.8 Å². The standard InChI is InChI=1S/C45H74N10O8/c1-7-28(6)38(44(61)55-22-14-19-36(55)42(59)50-33(45(62)63)18-11-13-21-47)54-43(60)37(27(4)5)53-41(58)35(24-29-25-49-32-17-9-8-15-30(29)32)52-40(57)34(23-26(2)3)51-39(56)31(48)16-10-12-20-46/h8-9,15,17,25-28,31,33-38,49H,7,10-14,16,18-24,46-48H2,1-6H3,(H,50,59)(H,51,56)(H,52,57)(H,53,58)(H,54,60)(H,62,63)/t28-,31-,33-,34-,35-,36-,37-,38-/m0/s1. The Morgan fingerprint density at radius 3 is 2.02 bits per heavy atom. The molecule has 352 valence electrons. The summed E-state index contributed by atoms with van der Waals surface area (Å²) in [5, 5.41) is 24.6. The van der Waals surface area contributed by atoms with Crippen molar-refractivity contribution in [2.75, 3.05) is 19.6 Å². The third-order valence-corrected chi connectivity index (χ3v) is 11.8. The molecule has 0 bridgehead atoms. The molecule has 2 heterocycles. The van der Waals surface area contributed by atoms with E-state index in [0.717, 1.165) is 16.5 Å². The van der Waals surface area contributed by atoms with Gasteiger partial charge in [0.1, 0.15) is 36.3 Å². The van der Waals surface area contributed by atoms with Gasteiger partial charge in [0, 0.05) is 30.1 Å². The fourth-order valence-electron chi connectivity index (χ4n) is 7.84. The third kappa shape index (κ3) is 15.6. The summed E-state index contributed by atoms with van der Waals surface area (Å²) in [6.07, 6.45) is 6.45. The number of likely N-dealkylation sites (tertiary alicyclic amines) is 1. The maximum absolute atomic E-state index is 14.4. The van der Waals surface area contributed by atoms with Gasteiger partial charge in [0.15, 0.2) is 0 Å². The predicted octanol–water partition coefficient (Wildman–Crippen LogP) is 1.54. The fraction of sp³-hybridized carbons (Fsp3) is 0.667. The van der Waals surface area contributed by atoms with E-state index in [-0.39, 0.29) is 37.6 Å². The molecule has 1 aliphatic heterocycles. The molecule has 0 radical (unpaired) electrons. The summed E-state index contributed by atoms with van der Waals surface area (Å²) in [5.41, 5.74) is 18.9. The topological polar surface area (TPSA) is 297 Å². The minimum atomic E-state index is -1.20. The first-order valence-electron chi connectivity index (χ1n) is 22.7. The molecule has 3 rings (SSSR count). The highest BCUT2D eigenvalue weighted by atomic mass is 16.4. The number of aromatic amines is 1. The van der Waals surface area contributed by atoms with Crippen LogP contribution in [0.2, 0.25) is 0 Å². The first-order chi connectivity index (χ1) is 29.9. The lowest BCUT2D eigenvalue weighted by molar-refractivity contribution is -0.145. The summed E-state index contributed by atoms with van der Waals surface area (Å²) in [7, 11) is 0. The Morgan fingerprint density at radius 1 is 0.778 bits per heavy atom. The number of para-hydroxylation sites is 1. The Bertz CT molecular complexity index is 1840. The number of carbonyl (C=O) groups is 7. The van der Waals surface area contributed by atoms with Crippen LogP contribution in [0.5, 0.6) is 0 Å². The SMILES string of the molecule is CC[C@H](C)[C@H](NC(=O)[C@@H](NC(=O)[C@H](Cc1c[nH]c2ccccc12)NC(=O)[C@H](CC(C)C)NC(=O)[C@@H](N)CCCCN)C(C)C)C(=O)N1CCC[C@H]1C(=O)N[C@@H](CCCCN)C(=O)O. The molecule has 0 spiro atoms. The monoisotopic (exact) mass is 883 g/mol. The van der Waals surface area contributed by atoms with Crippen LogP contribution >= 0.6 is 0 Å². The molecule has 13 N–H and O–H groups in total. The summed E-state index contributed by atoms with van der Waals surface area (Å²) in [6, 6.07) is 0.168. The molecule has 18 heteroatoms. The van der Waals surface area contributed by atoms with Gasteiger partial charge in [-0.15, -0.1) is 0 Å². The number of aliphatic carboxylic acids is 1. The van der Waals surface area contributed by atoms with E-state index in [0.29, 0.717) is 64.5 Å². The van der Waals surface area contributed by atoms with Crippen LogP contribution in [0.1, 0.15) is 111 Å². The molecule has 0 aliphatic carbocycles. The van der Waals surface area contributed by atoms with E-state index in [1.807, 2.05) is 45.0 Å². The Morgan fingerprint density at radius 2 is 1.40 bits per heavy atom. The molecule has 1 fully saturated rings. The second-order valence-corrected chi connectivity index (χ2v) is 17.7. The van der Waals surface area contributed by atoms with Crippen molar-refractivity contribution in [1.82, 2.24) is 36.5 Å². The number of carboxylic acid groups (broad SMARTS) is 1. The molecule has 2 aromatic rings. The summed E-state index contributed by atoms with van der Waals surface area (Å²) in [6.45, 7) is 12.1. The van der Waals surface area contributed by atoms with E-state index < -0.39 is 89.6 Å². The molecule has 1 aromatic carbocycles. The minimum Gasteiger partial charge on any atom is -0.480 e. The smallest absolute Gasteiger partial charge is 0.326 e. The number of unbranched alkanes of at least 4 members (excludes halogenated alkanes) is 2. The van der Waals surface area contributed by atoms with Crippen molar-refractivity contribution >= 4 is 52.3 Å². The normalized spacial score (nSPS) is 17.3. The molecule has 18 nitrogen and oxygen atoms in total. The van der Waals surface area contributed by atoms with Crippen LogP contribution in [0.25, 0.3) is 10.9 Å². The summed E-state index contributed by atoms with van der Waals surface area (Å²) >= 11 is 0. The van der Waals surface area contributed by atoms with Gasteiger partial charge >= 0.3 is 5.97 Å². The van der Waals surface area contributed by atoms with Crippen molar-refractivity contribution in [2.45, 2.75) is 154 Å². The number of nitrogens with zero attached hydrogens (tertiary/aromatic N) is 1. The lowest BCUT2D eigenvalue weighted by atomic mass is 9.95. The van der Waals surface area contributed by atoms with Crippen molar-refractivity contribution < 1.29 is 38.7 Å². The van der Waals surface area contributed by atoms with Gasteiger partial charge in [0.2, 0.25) is 35.4 Å². The van der Waals surface area contributed by atoms with E-state index in [1.54, 1.807) is 27.0 Å². The fourth-order valence-corrected chi connectivity index (χ4v) is 7.84. The Kier molecular flexibility index (Phi) is 21.5. The number of hydrogen-bond donors (Lipinski definition) is 10. The van der Waals surface area contributed by atoms with Crippen molar-refractivity contribution in [3.63, 3.8) is 0 Å². The lowest BCUT2D eigenvalue weighted by Crippen LogP contribution is -2.61. The van der Waals surface area contributed by atoms with Crippen LogP contribution in [0.3, 0.4) is 0 Å². The Labute approximate surface area is 371 Å². The number of amides is 6. The second-order valence-electron chi connectivity index (χ2n) is 17.7. The molecule has 1 aliphatic rings. The van der Waals surface area contributed by atoms with Crippen molar-refractivity contribution in [3.05, 3.63) is 36.0 Å². The average molecular weight is 883 g/mol. The van der Waals surface area contributed by atoms with Gasteiger partial charge in [0.05, 0.1) is 6.04 Å². The van der Waals surface area contributed by atoms with Gasteiger partial charge in [-0.3, -0.25) is 28.8 Å². The van der Waals surface area contributed by atoms with Crippen molar-refractivity contribution in [3.8, 4) is 0 Å². The number of hydrogen-bond acceptors (Lipinski definition) is 10. The molecule has 6 amide bonds. The summed E-state index contributed by atoms with van der Waals surface area (Å²) in [5.74, 6) is -5.47. The van der Waals surface area contributed by atoms with Gasteiger partial charge in [-0.1, -0.05) is 72.6 Å². The number of carbonyl (C=O) groups excluding carboxylic acids is 6. The molecule has 1 saturated heterocycles. The van der Waals surface area contributed by atoms with Gasteiger partial charge in [-0.05, 0) is 93.8 Å². The number of fused-ring (bicyclic) bond motifs is 1. The van der Waals surface area contributed by atoms with E-state index in [1.165, 1.54) is 4.90 Å². The molecular weight excluding hydrogens is 809 g/mol. The van der Waals surface area contributed by atoms with Crippen LogP contribution in [0, 0.1) is 17.8 Å². The lowest BCUT2D eigenvalue weighted by Gasteiger charge is -2.33. The van der Waals surface area contributed by atoms with E-state index in [2.05, 4.69) is 31.6 Å². The van der Waals surface area contributed by atoms with Crippen molar-refractivity contribution in [1.29, 1.82) is 0 Å². The molecule has 1 aromatic heterocycles. The molecule has 0 saturated carbocycles. The zero-order chi connectivity index (χ0) is 46.8. The van der Waals surface area contributed by atoms with E-state index in [4.69, 9.17) is 17.2 Å². The average Bonchev–Trinajstić information content (AvgIpc) is 3.91. The first-order valence-corrected chi connectivity index (χ1v) is 22.7. The number of nitrogens with two attached hydrogens (primary N) is 3.